The lowest BCUT2D eigenvalue weighted by atomic mass is 10.0. The summed E-state index contributed by atoms with van der Waals surface area (Å²) in [6, 6.07) is 11.3. The maximum absolute atomic E-state index is 13.7. The fraction of sp³-hybridized carbons (Fsp3) is 0.381. The smallest absolute Gasteiger partial charge is 0.230 e. The lowest BCUT2D eigenvalue weighted by molar-refractivity contribution is -0.118. The number of hydrogen-bond acceptors (Lipinski definition) is 4. The Bertz CT molecular complexity index is 813. The summed E-state index contributed by atoms with van der Waals surface area (Å²) < 4.78 is 32.0. The molecule has 2 aromatic carbocycles. The molecular formula is C21H24F2N2O2S. The van der Waals surface area contributed by atoms with Crippen LogP contribution in [0, 0.1) is 11.6 Å². The first-order valence-corrected chi connectivity index (χ1v) is 10.3. The van der Waals surface area contributed by atoms with Gasteiger partial charge in [-0.1, -0.05) is 12.1 Å². The zero-order valence-corrected chi connectivity index (χ0v) is 16.6. The highest BCUT2D eigenvalue weighted by Crippen LogP contribution is 2.27. The van der Waals surface area contributed by atoms with Gasteiger partial charge in [-0.05, 0) is 55.8 Å². The second kappa shape index (κ2) is 9.89. The average molecular weight is 406 g/mol. The molecular weight excluding hydrogens is 382 g/mol. The Morgan fingerprint density at radius 1 is 1.21 bits per heavy atom. The van der Waals surface area contributed by atoms with Gasteiger partial charge in [0, 0.05) is 17.5 Å². The van der Waals surface area contributed by atoms with E-state index in [1.807, 2.05) is 24.3 Å². The van der Waals surface area contributed by atoms with Gasteiger partial charge in [-0.3, -0.25) is 9.69 Å². The van der Waals surface area contributed by atoms with Crippen LogP contribution in [-0.4, -0.2) is 43.3 Å². The maximum atomic E-state index is 13.7. The van der Waals surface area contributed by atoms with E-state index in [0.717, 1.165) is 55.1 Å². The van der Waals surface area contributed by atoms with Crippen molar-refractivity contribution >= 4 is 17.7 Å². The number of rotatable bonds is 8. The van der Waals surface area contributed by atoms with Gasteiger partial charge >= 0.3 is 0 Å². The summed E-state index contributed by atoms with van der Waals surface area (Å²) >= 11 is 1.06. The van der Waals surface area contributed by atoms with Gasteiger partial charge in [-0.25, -0.2) is 8.78 Å². The third-order valence-electron chi connectivity index (χ3n) is 4.81. The molecule has 0 radical (unpaired) electrons. The van der Waals surface area contributed by atoms with Crippen molar-refractivity contribution in [2.24, 2.45) is 0 Å². The van der Waals surface area contributed by atoms with Crippen LogP contribution in [0.2, 0.25) is 0 Å². The van der Waals surface area contributed by atoms with Crippen LogP contribution in [0.15, 0.2) is 47.4 Å². The molecule has 1 aliphatic rings. The molecule has 1 amide bonds. The summed E-state index contributed by atoms with van der Waals surface area (Å²) in [4.78, 5) is 14.9. The zero-order chi connectivity index (χ0) is 19.9. The molecule has 1 atom stereocenters. The molecule has 0 saturated carbocycles. The minimum absolute atomic E-state index is 0.0640. The number of amides is 1. The van der Waals surface area contributed by atoms with Crippen LogP contribution in [0.1, 0.15) is 24.4 Å². The Morgan fingerprint density at radius 2 is 2.00 bits per heavy atom. The van der Waals surface area contributed by atoms with Gasteiger partial charge in [-0.2, -0.15) is 0 Å². The lowest BCUT2D eigenvalue weighted by Crippen LogP contribution is -2.37. The molecule has 2 aromatic rings. The van der Waals surface area contributed by atoms with E-state index >= 15 is 0 Å². The lowest BCUT2D eigenvalue weighted by Gasteiger charge is -2.28. The van der Waals surface area contributed by atoms with Crippen LogP contribution < -0.4 is 10.1 Å². The first-order chi connectivity index (χ1) is 13.6. The molecule has 0 spiro atoms. The van der Waals surface area contributed by atoms with E-state index in [2.05, 4.69) is 10.2 Å². The number of methoxy groups -OCH3 is 1. The van der Waals surface area contributed by atoms with Crippen molar-refractivity contribution in [1.82, 2.24) is 10.2 Å². The molecule has 0 aromatic heterocycles. The molecule has 150 valence electrons. The highest BCUT2D eigenvalue weighted by Gasteiger charge is 2.24. The number of benzene rings is 2. The normalized spacial score (nSPS) is 15.4. The summed E-state index contributed by atoms with van der Waals surface area (Å²) in [5.41, 5.74) is 1.10. The minimum Gasteiger partial charge on any atom is -0.497 e. The number of nitrogens with one attached hydrogen (secondary N) is 1. The molecule has 0 bridgehead atoms. The maximum Gasteiger partial charge on any atom is 0.230 e. The van der Waals surface area contributed by atoms with Crippen LogP contribution in [0.25, 0.3) is 0 Å². The molecule has 3 rings (SSSR count). The molecule has 1 unspecified atom stereocenters. The fourth-order valence-corrected chi connectivity index (χ4v) is 4.11. The van der Waals surface area contributed by atoms with Gasteiger partial charge < -0.3 is 10.1 Å². The van der Waals surface area contributed by atoms with Gasteiger partial charge in [0.25, 0.3) is 0 Å². The quantitative estimate of drug-likeness (QED) is 0.673. The van der Waals surface area contributed by atoms with E-state index in [1.54, 1.807) is 7.11 Å². The topological polar surface area (TPSA) is 41.6 Å². The highest BCUT2D eigenvalue weighted by atomic mass is 32.2. The van der Waals surface area contributed by atoms with Crippen molar-refractivity contribution in [3.8, 4) is 5.75 Å². The molecule has 0 aliphatic carbocycles. The first-order valence-electron chi connectivity index (χ1n) is 9.29. The summed E-state index contributed by atoms with van der Waals surface area (Å²) in [6.45, 7) is 2.46. The van der Waals surface area contributed by atoms with Crippen LogP contribution in [0.4, 0.5) is 8.78 Å². The molecule has 7 heteroatoms. The Labute approximate surface area is 168 Å². The summed E-state index contributed by atoms with van der Waals surface area (Å²) in [7, 11) is 1.64. The molecule has 1 saturated heterocycles. The van der Waals surface area contributed by atoms with Crippen LogP contribution in [-0.2, 0) is 4.79 Å². The Balaban J connectivity index is 1.60. The largest absolute Gasteiger partial charge is 0.497 e. The number of ether oxygens (including phenoxy) is 1. The van der Waals surface area contributed by atoms with E-state index in [1.165, 1.54) is 12.1 Å². The predicted octanol–water partition coefficient (Wildman–Crippen LogP) is 4.02. The molecule has 1 fully saturated rings. The SMILES string of the molecule is COc1cccc(C(CNC(=O)CSc2ccc(F)cc2F)N2CCCC2)c1. The fourth-order valence-electron chi connectivity index (χ4n) is 3.36. The summed E-state index contributed by atoms with van der Waals surface area (Å²) in [5.74, 6) is -0.591. The number of carbonyl (C=O) groups excluding carboxylic acids is 1. The first kappa shape index (κ1) is 20.6. The third-order valence-corrected chi connectivity index (χ3v) is 5.85. The van der Waals surface area contributed by atoms with Gasteiger partial charge in [0.1, 0.15) is 17.4 Å². The Kier molecular flexibility index (Phi) is 7.28. The molecule has 28 heavy (non-hydrogen) atoms. The zero-order valence-electron chi connectivity index (χ0n) is 15.8. The highest BCUT2D eigenvalue weighted by molar-refractivity contribution is 8.00. The van der Waals surface area contributed by atoms with Gasteiger partial charge in [-0.15, -0.1) is 11.8 Å². The van der Waals surface area contributed by atoms with Crippen molar-refractivity contribution in [1.29, 1.82) is 0 Å². The average Bonchev–Trinajstić information content (AvgIpc) is 3.22. The number of hydrogen-bond donors (Lipinski definition) is 1. The van der Waals surface area contributed by atoms with E-state index in [0.29, 0.717) is 6.54 Å². The van der Waals surface area contributed by atoms with Crippen LogP contribution in [0.3, 0.4) is 0 Å². The van der Waals surface area contributed by atoms with Gasteiger partial charge in [0.15, 0.2) is 0 Å². The van der Waals surface area contributed by atoms with E-state index in [9.17, 15) is 13.6 Å². The van der Waals surface area contributed by atoms with Crippen molar-refractivity contribution in [3.05, 3.63) is 59.7 Å². The minimum atomic E-state index is -0.649. The van der Waals surface area contributed by atoms with E-state index in [-0.39, 0.29) is 22.6 Å². The van der Waals surface area contributed by atoms with Crippen molar-refractivity contribution in [2.75, 3.05) is 32.5 Å². The van der Waals surface area contributed by atoms with Crippen molar-refractivity contribution in [2.45, 2.75) is 23.8 Å². The second-order valence-corrected chi connectivity index (χ2v) is 7.72. The number of likely N-dealkylation sites (tertiary alicyclic amines) is 1. The Morgan fingerprint density at radius 3 is 2.71 bits per heavy atom. The third kappa shape index (κ3) is 5.45. The number of carbonyl (C=O) groups is 1. The number of thioether (sulfide) groups is 1. The van der Waals surface area contributed by atoms with Gasteiger partial charge in [0.05, 0.1) is 18.9 Å². The summed E-state index contributed by atoms with van der Waals surface area (Å²) in [6.07, 6.45) is 2.29. The monoisotopic (exact) mass is 406 g/mol. The Hall–Kier alpha value is -2.12. The molecule has 1 N–H and O–H groups in total. The molecule has 1 aliphatic heterocycles. The molecule has 1 heterocycles. The molecule has 4 nitrogen and oxygen atoms in total. The second-order valence-electron chi connectivity index (χ2n) is 6.70. The van der Waals surface area contributed by atoms with Crippen LogP contribution >= 0.6 is 11.8 Å². The van der Waals surface area contributed by atoms with Crippen molar-refractivity contribution < 1.29 is 18.3 Å². The van der Waals surface area contributed by atoms with Gasteiger partial charge in [0.2, 0.25) is 5.91 Å². The predicted molar refractivity (Wildman–Crippen MR) is 107 cm³/mol. The number of nitrogens with zero attached hydrogens (tertiary/aromatic N) is 1. The summed E-state index contributed by atoms with van der Waals surface area (Å²) in [5, 5.41) is 2.96. The standard InChI is InChI=1S/C21H24F2N2O2S/c1-27-17-6-4-5-15(11-17)19(25-9-2-3-10-25)13-24-21(26)14-28-20-8-7-16(22)12-18(20)23/h4-8,11-12,19H,2-3,9-10,13-14H2,1H3,(H,24,26). The van der Waals surface area contributed by atoms with Crippen molar-refractivity contribution in [3.63, 3.8) is 0 Å². The number of halogens is 2. The van der Waals surface area contributed by atoms with Crippen LogP contribution in [0.5, 0.6) is 5.75 Å². The van der Waals surface area contributed by atoms with E-state index in [4.69, 9.17) is 4.74 Å². The van der Waals surface area contributed by atoms with E-state index < -0.39 is 11.6 Å².